The molecule has 0 radical (unpaired) electrons. The third kappa shape index (κ3) is 5.53. The van der Waals surface area contributed by atoms with Crippen LogP contribution in [0, 0.1) is 5.41 Å². The van der Waals surface area contributed by atoms with Gasteiger partial charge in [-0.25, -0.2) is 0 Å². The van der Waals surface area contributed by atoms with Crippen LogP contribution in [-0.4, -0.2) is 12.5 Å². The first-order valence-electron chi connectivity index (χ1n) is 6.18. The summed E-state index contributed by atoms with van der Waals surface area (Å²) in [4.78, 5) is 11.0. The molecule has 0 fully saturated rings. The molecule has 0 bridgehead atoms. The Kier molecular flexibility index (Phi) is 4.73. The lowest BCUT2D eigenvalue weighted by Crippen LogP contribution is -2.28. The van der Waals surface area contributed by atoms with Crippen molar-refractivity contribution in [2.75, 3.05) is 6.54 Å². The van der Waals surface area contributed by atoms with Crippen molar-refractivity contribution in [2.45, 2.75) is 40.0 Å². The Labute approximate surface area is 104 Å². The summed E-state index contributed by atoms with van der Waals surface area (Å²) < 4.78 is 0. The molecule has 94 valence electrons. The third-order valence-electron chi connectivity index (χ3n) is 2.73. The Bertz CT molecular complexity index is 351. The number of benzene rings is 1. The lowest BCUT2D eigenvalue weighted by atomic mass is 9.81. The zero-order valence-electron chi connectivity index (χ0n) is 11.3. The van der Waals surface area contributed by atoms with Crippen LogP contribution in [0.5, 0.6) is 0 Å². The highest BCUT2D eigenvalue weighted by atomic mass is 16.1. The average molecular weight is 233 g/mol. The predicted octanol–water partition coefficient (Wildman–Crippen LogP) is 3.34. The standard InChI is InChI=1S/C15H23NO/c1-12(17)16-11-14(10-15(2,3)4)13-8-6-5-7-9-13/h5-9,14H,10-11H2,1-4H3,(H,16,17). The van der Waals surface area contributed by atoms with E-state index >= 15 is 0 Å². The summed E-state index contributed by atoms with van der Waals surface area (Å²) in [7, 11) is 0. The molecule has 0 heterocycles. The van der Waals surface area contributed by atoms with Crippen molar-refractivity contribution in [1.29, 1.82) is 0 Å². The van der Waals surface area contributed by atoms with Crippen molar-refractivity contribution in [3.63, 3.8) is 0 Å². The Balaban J connectivity index is 2.75. The van der Waals surface area contributed by atoms with Crippen LogP contribution in [0.25, 0.3) is 0 Å². The van der Waals surface area contributed by atoms with Crippen LogP contribution in [0.1, 0.15) is 45.6 Å². The van der Waals surface area contributed by atoms with E-state index in [1.54, 1.807) is 6.92 Å². The van der Waals surface area contributed by atoms with Crippen molar-refractivity contribution >= 4 is 5.91 Å². The number of carbonyl (C=O) groups excluding carboxylic acids is 1. The van der Waals surface area contributed by atoms with E-state index in [-0.39, 0.29) is 11.3 Å². The Morgan fingerprint density at radius 1 is 1.24 bits per heavy atom. The molecule has 1 rings (SSSR count). The highest BCUT2D eigenvalue weighted by Gasteiger charge is 2.20. The van der Waals surface area contributed by atoms with Gasteiger partial charge in [0, 0.05) is 19.4 Å². The molecule has 1 aromatic carbocycles. The maximum atomic E-state index is 11.0. The zero-order chi connectivity index (χ0) is 12.9. The fourth-order valence-corrected chi connectivity index (χ4v) is 2.04. The van der Waals surface area contributed by atoms with Gasteiger partial charge in [0.25, 0.3) is 0 Å². The smallest absolute Gasteiger partial charge is 0.216 e. The summed E-state index contributed by atoms with van der Waals surface area (Å²) in [6.07, 6.45) is 1.07. The van der Waals surface area contributed by atoms with Gasteiger partial charge in [0.2, 0.25) is 5.91 Å². The van der Waals surface area contributed by atoms with Gasteiger partial charge in [0.15, 0.2) is 0 Å². The molecule has 1 amide bonds. The second kappa shape index (κ2) is 5.85. The van der Waals surface area contributed by atoms with Crippen LogP contribution in [0.3, 0.4) is 0 Å². The highest BCUT2D eigenvalue weighted by molar-refractivity contribution is 5.72. The molecule has 0 aliphatic carbocycles. The molecule has 1 N–H and O–H groups in total. The Morgan fingerprint density at radius 2 is 1.82 bits per heavy atom. The van der Waals surface area contributed by atoms with Gasteiger partial charge < -0.3 is 5.32 Å². The van der Waals surface area contributed by atoms with Crippen LogP contribution in [0.2, 0.25) is 0 Å². The molecule has 2 nitrogen and oxygen atoms in total. The van der Waals surface area contributed by atoms with E-state index in [0.29, 0.717) is 5.92 Å². The zero-order valence-corrected chi connectivity index (χ0v) is 11.3. The lowest BCUT2D eigenvalue weighted by Gasteiger charge is -2.26. The van der Waals surface area contributed by atoms with Gasteiger partial charge in [0.05, 0.1) is 0 Å². The van der Waals surface area contributed by atoms with Crippen molar-refractivity contribution in [2.24, 2.45) is 5.41 Å². The largest absolute Gasteiger partial charge is 0.356 e. The topological polar surface area (TPSA) is 29.1 Å². The number of rotatable bonds is 4. The SMILES string of the molecule is CC(=O)NCC(CC(C)(C)C)c1ccccc1. The van der Waals surface area contributed by atoms with E-state index in [9.17, 15) is 4.79 Å². The Hall–Kier alpha value is -1.31. The molecule has 0 saturated carbocycles. The van der Waals surface area contributed by atoms with Crippen molar-refractivity contribution in [3.05, 3.63) is 35.9 Å². The second-order valence-corrected chi connectivity index (χ2v) is 5.81. The molecule has 1 unspecified atom stereocenters. The first kappa shape index (κ1) is 13.8. The van der Waals surface area contributed by atoms with Crippen molar-refractivity contribution in [3.8, 4) is 0 Å². The van der Waals surface area contributed by atoms with Crippen LogP contribution >= 0.6 is 0 Å². The number of hydrogen-bond donors (Lipinski definition) is 1. The fraction of sp³-hybridized carbons (Fsp3) is 0.533. The predicted molar refractivity (Wildman–Crippen MR) is 71.9 cm³/mol. The van der Waals surface area contributed by atoms with Gasteiger partial charge in [-0.3, -0.25) is 4.79 Å². The quantitative estimate of drug-likeness (QED) is 0.849. The van der Waals surface area contributed by atoms with E-state index in [1.165, 1.54) is 5.56 Å². The first-order chi connectivity index (χ1) is 7.88. The van der Waals surface area contributed by atoms with Gasteiger partial charge in [-0.2, -0.15) is 0 Å². The molecule has 2 heteroatoms. The van der Waals surface area contributed by atoms with E-state index in [4.69, 9.17) is 0 Å². The molecule has 17 heavy (non-hydrogen) atoms. The molecular formula is C15H23NO. The van der Waals surface area contributed by atoms with Gasteiger partial charge in [-0.15, -0.1) is 0 Å². The Morgan fingerprint density at radius 3 is 2.29 bits per heavy atom. The molecule has 1 aromatic rings. The monoisotopic (exact) mass is 233 g/mol. The summed E-state index contributed by atoms with van der Waals surface area (Å²) in [5.41, 5.74) is 1.56. The van der Waals surface area contributed by atoms with Crippen LogP contribution in [0.4, 0.5) is 0 Å². The van der Waals surface area contributed by atoms with Crippen LogP contribution in [0.15, 0.2) is 30.3 Å². The van der Waals surface area contributed by atoms with Gasteiger partial charge in [-0.05, 0) is 17.4 Å². The van der Waals surface area contributed by atoms with E-state index < -0.39 is 0 Å². The molecule has 0 spiro atoms. The first-order valence-corrected chi connectivity index (χ1v) is 6.18. The molecule has 0 saturated heterocycles. The summed E-state index contributed by atoms with van der Waals surface area (Å²) >= 11 is 0. The van der Waals surface area contributed by atoms with Crippen molar-refractivity contribution < 1.29 is 4.79 Å². The van der Waals surface area contributed by atoms with Gasteiger partial charge >= 0.3 is 0 Å². The summed E-state index contributed by atoms with van der Waals surface area (Å²) in [6.45, 7) is 8.99. The molecule has 0 aliphatic rings. The minimum Gasteiger partial charge on any atom is -0.356 e. The minimum absolute atomic E-state index is 0.0415. The number of amides is 1. The van der Waals surface area contributed by atoms with Gasteiger partial charge in [-0.1, -0.05) is 51.1 Å². The van der Waals surface area contributed by atoms with Crippen molar-refractivity contribution in [1.82, 2.24) is 5.32 Å². The number of hydrogen-bond acceptors (Lipinski definition) is 1. The van der Waals surface area contributed by atoms with E-state index in [0.717, 1.165) is 13.0 Å². The third-order valence-corrected chi connectivity index (χ3v) is 2.73. The highest BCUT2D eigenvalue weighted by Crippen LogP contribution is 2.30. The molecule has 0 aliphatic heterocycles. The summed E-state index contributed by atoms with van der Waals surface area (Å²) in [6, 6.07) is 10.4. The average Bonchev–Trinajstić information content (AvgIpc) is 2.24. The second-order valence-electron chi connectivity index (χ2n) is 5.81. The summed E-state index contributed by atoms with van der Waals surface area (Å²) in [5, 5.41) is 2.93. The molecular weight excluding hydrogens is 210 g/mol. The van der Waals surface area contributed by atoms with E-state index in [1.807, 2.05) is 6.07 Å². The number of carbonyl (C=O) groups is 1. The maximum absolute atomic E-state index is 11.0. The summed E-state index contributed by atoms with van der Waals surface area (Å²) in [5.74, 6) is 0.431. The van der Waals surface area contributed by atoms with E-state index in [2.05, 4.69) is 50.4 Å². The maximum Gasteiger partial charge on any atom is 0.216 e. The lowest BCUT2D eigenvalue weighted by molar-refractivity contribution is -0.119. The normalized spacial score (nSPS) is 13.2. The van der Waals surface area contributed by atoms with Gasteiger partial charge in [0.1, 0.15) is 0 Å². The minimum atomic E-state index is 0.0415. The molecule has 1 atom stereocenters. The fourth-order valence-electron chi connectivity index (χ4n) is 2.04. The number of nitrogens with one attached hydrogen (secondary N) is 1. The molecule has 0 aromatic heterocycles. The van der Waals surface area contributed by atoms with Crippen LogP contribution in [-0.2, 0) is 4.79 Å². The van der Waals surface area contributed by atoms with Crippen LogP contribution < -0.4 is 5.32 Å².